The Balaban J connectivity index is 1.62. The first-order valence-corrected chi connectivity index (χ1v) is 12.0. The summed E-state index contributed by atoms with van der Waals surface area (Å²) in [6.45, 7) is 0.752. The zero-order valence-corrected chi connectivity index (χ0v) is 17.9. The number of methoxy groups -OCH3 is 1. The van der Waals surface area contributed by atoms with Crippen LogP contribution in [-0.2, 0) is 26.9 Å². The maximum Gasteiger partial charge on any atom is 0.243 e. The number of para-hydroxylation sites is 2. The van der Waals surface area contributed by atoms with Crippen LogP contribution in [0.3, 0.4) is 0 Å². The minimum absolute atomic E-state index is 0.0107. The molecule has 1 aliphatic heterocycles. The zero-order chi connectivity index (χ0) is 21.3. The van der Waals surface area contributed by atoms with Crippen molar-refractivity contribution in [1.29, 1.82) is 0 Å². The minimum Gasteiger partial charge on any atom is -0.497 e. The highest BCUT2D eigenvalue weighted by Gasteiger charge is 2.30. The summed E-state index contributed by atoms with van der Waals surface area (Å²) in [7, 11) is -1.65. The predicted octanol–water partition coefficient (Wildman–Crippen LogP) is 2.95. The molecule has 1 unspecified atom stereocenters. The smallest absolute Gasteiger partial charge is 0.243 e. The molecule has 30 heavy (non-hydrogen) atoms. The molecule has 1 aromatic heterocycles. The molecule has 0 spiro atoms. The first kappa shape index (κ1) is 20.4. The number of hydrogen-bond acceptors (Lipinski definition) is 5. The quantitative estimate of drug-likeness (QED) is 0.604. The molecule has 0 bridgehead atoms. The lowest BCUT2D eigenvalue weighted by atomic mass is 10.0. The van der Waals surface area contributed by atoms with E-state index in [2.05, 4.69) is 4.98 Å². The second-order valence-electron chi connectivity index (χ2n) is 7.69. The molecular formula is C22H25N3O4S. The topological polar surface area (TPSA) is 81.5 Å². The van der Waals surface area contributed by atoms with Crippen LogP contribution in [0.1, 0.15) is 30.3 Å². The molecule has 7 nitrogen and oxygen atoms in total. The van der Waals surface area contributed by atoms with Gasteiger partial charge in [0.05, 0.1) is 24.2 Å². The molecule has 0 radical (unpaired) electrons. The van der Waals surface area contributed by atoms with E-state index in [4.69, 9.17) is 4.74 Å². The minimum atomic E-state index is -3.28. The number of fused-ring (bicyclic) bond motifs is 1. The Morgan fingerprint density at radius 1 is 1.17 bits per heavy atom. The molecule has 0 saturated carbocycles. The van der Waals surface area contributed by atoms with Crippen LogP contribution < -0.4 is 4.74 Å². The van der Waals surface area contributed by atoms with Crippen molar-refractivity contribution in [3.63, 3.8) is 0 Å². The van der Waals surface area contributed by atoms with E-state index in [-0.39, 0.29) is 24.2 Å². The summed E-state index contributed by atoms with van der Waals surface area (Å²) < 4.78 is 30.8. The van der Waals surface area contributed by atoms with E-state index in [0.29, 0.717) is 17.9 Å². The number of carbonyl (C=O) groups is 1. The fourth-order valence-electron chi connectivity index (χ4n) is 4.11. The zero-order valence-electron chi connectivity index (χ0n) is 17.1. The van der Waals surface area contributed by atoms with Gasteiger partial charge in [0.1, 0.15) is 23.9 Å². The largest absolute Gasteiger partial charge is 0.497 e. The Labute approximate surface area is 176 Å². The predicted molar refractivity (Wildman–Crippen MR) is 115 cm³/mol. The third-order valence-electron chi connectivity index (χ3n) is 5.49. The molecule has 1 atom stereocenters. The molecule has 3 aromatic rings. The molecule has 158 valence electrons. The van der Waals surface area contributed by atoms with Gasteiger partial charge in [-0.15, -0.1) is 0 Å². The van der Waals surface area contributed by atoms with Crippen LogP contribution in [0.4, 0.5) is 0 Å². The first-order valence-electron chi connectivity index (χ1n) is 9.91. The number of nitrogens with zero attached hydrogens (tertiary/aromatic N) is 3. The van der Waals surface area contributed by atoms with E-state index < -0.39 is 9.84 Å². The number of hydrogen-bond donors (Lipinski definition) is 0. The molecule has 1 saturated heterocycles. The van der Waals surface area contributed by atoms with Gasteiger partial charge in [0.25, 0.3) is 0 Å². The Morgan fingerprint density at radius 2 is 1.90 bits per heavy atom. The van der Waals surface area contributed by atoms with Gasteiger partial charge in [-0.1, -0.05) is 24.3 Å². The van der Waals surface area contributed by atoms with Gasteiger partial charge in [-0.3, -0.25) is 4.79 Å². The molecular weight excluding hydrogens is 402 g/mol. The number of sulfone groups is 1. The van der Waals surface area contributed by atoms with Gasteiger partial charge in [0.15, 0.2) is 9.84 Å². The number of imidazole rings is 1. The van der Waals surface area contributed by atoms with Crippen molar-refractivity contribution in [3.05, 3.63) is 59.9 Å². The van der Waals surface area contributed by atoms with Crippen LogP contribution in [-0.4, -0.2) is 48.7 Å². The molecule has 1 amide bonds. The van der Waals surface area contributed by atoms with Crippen molar-refractivity contribution in [2.24, 2.45) is 0 Å². The summed E-state index contributed by atoms with van der Waals surface area (Å²) in [6, 6.07) is 15.2. The summed E-state index contributed by atoms with van der Waals surface area (Å²) >= 11 is 0. The van der Waals surface area contributed by atoms with E-state index in [0.717, 1.165) is 29.7 Å². The van der Waals surface area contributed by atoms with E-state index in [9.17, 15) is 13.2 Å². The number of rotatable bonds is 6. The monoisotopic (exact) mass is 427 g/mol. The lowest BCUT2D eigenvalue weighted by Crippen LogP contribution is -2.34. The van der Waals surface area contributed by atoms with Crippen molar-refractivity contribution in [1.82, 2.24) is 14.5 Å². The fourth-order valence-corrected chi connectivity index (χ4v) is 4.80. The first-order chi connectivity index (χ1) is 14.4. The molecule has 2 heterocycles. The van der Waals surface area contributed by atoms with Crippen LogP contribution in [0.2, 0.25) is 0 Å². The van der Waals surface area contributed by atoms with Gasteiger partial charge >= 0.3 is 0 Å². The average molecular weight is 428 g/mol. The lowest BCUT2D eigenvalue weighted by molar-refractivity contribution is -0.132. The summed E-state index contributed by atoms with van der Waals surface area (Å²) in [5.74, 6) is 0.944. The molecule has 2 aromatic carbocycles. The average Bonchev–Trinajstić information content (AvgIpc) is 3.32. The highest BCUT2D eigenvalue weighted by molar-refractivity contribution is 7.89. The second-order valence-corrected chi connectivity index (χ2v) is 9.83. The van der Waals surface area contributed by atoms with E-state index in [1.165, 1.54) is 6.26 Å². The van der Waals surface area contributed by atoms with Gasteiger partial charge < -0.3 is 14.2 Å². The van der Waals surface area contributed by atoms with Crippen molar-refractivity contribution in [2.75, 3.05) is 19.9 Å². The second kappa shape index (κ2) is 8.10. The van der Waals surface area contributed by atoms with Crippen LogP contribution in [0.25, 0.3) is 11.0 Å². The number of carbonyl (C=O) groups excluding carboxylic acids is 1. The van der Waals surface area contributed by atoms with Crippen LogP contribution in [0.5, 0.6) is 5.75 Å². The number of likely N-dealkylation sites (tertiary alicyclic amines) is 1. The Morgan fingerprint density at radius 3 is 2.60 bits per heavy atom. The number of aromatic nitrogens is 2. The molecule has 0 N–H and O–H groups in total. The standard InChI is InChI=1S/C22H25N3O4S/c1-29-17-11-9-16(10-12-17)19-8-5-13-24(19)22(26)14-25-20-7-4-3-6-18(20)23-21(25)15-30(2,27)28/h3-4,6-7,9-12,19H,5,8,13-15H2,1-2H3. The lowest BCUT2D eigenvalue weighted by Gasteiger charge is -2.26. The molecule has 1 fully saturated rings. The summed E-state index contributed by atoms with van der Waals surface area (Å²) in [4.78, 5) is 19.6. The molecule has 0 aliphatic carbocycles. The Hall–Kier alpha value is -2.87. The Kier molecular flexibility index (Phi) is 5.51. The number of benzene rings is 2. The van der Waals surface area contributed by atoms with Crippen molar-refractivity contribution in [3.8, 4) is 5.75 Å². The van der Waals surface area contributed by atoms with Gasteiger partial charge in [-0.05, 0) is 42.7 Å². The summed E-state index contributed by atoms with van der Waals surface area (Å²) in [5, 5.41) is 0. The van der Waals surface area contributed by atoms with E-state index >= 15 is 0 Å². The molecule has 8 heteroatoms. The van der Waals surface area contributed by atoms with Crippen molar-refractivity contribution >= 4 is 26.8 Å². The summed E-state index contributed by atoms with van der Waals surface area (Å²) in [5.41, 5.74) is 2.54. The third-order valence-corrected chi connectivity index (χ3v) is 6.27. The highest BCUT2D eigenvalue weighted by atomic mass is 32.2. The van der Waals surface area contributed by atoms with Crippen LogP contribution >= 0.6 is 0 Å². The third kappa shape index (κ3) is 4.18. The SMILES string of the molecule is COc1ccc(C2CCCN2C(=O)Cn2c(CS(C)(=O)=O)nc3ccccc32)cc1. The fraction of sp³-hybridized carbons (Fsp3) is 0.364. The van der Waals surface area contributed by atoms with E-state index in [1.807, 2.05) is 53.4 Å². The van der Waals surface area contributed by atoms with Crippen LogP contribution in [0, 0.1) is 0 Å². The maximum atomic E-state index is 13.3. The van der Waals surface area contributed by atoms with Gasteiger partial charge in [0, 0.05) is 12.8 Å². The van der Waals surface area contributed by atoms with Gasteiger partial charge in [-0.2, -0.15) is 0 Å². The molecule has 4 rings (SSSR count). The maximum absolute atomic E-state index is 13.3. The van der Waals surface area contributed by atoms with E-state index in [1.54, 1.807) is 11.7 Å². The van der Waals surface area contributed by atoms with Crippen LogP contribution in [0.15, 0.2) is 48.5 Å². The van der Waals surface area contributed by atoms with Crippen molar-refractivity contribution in [2.45, 2.75) is 31.2 Å². The number of ether oxygens (including phenoxy) is 1. The normalized spacial score (nSPS) is 16.9. The molecule has 1 aliphatic rings. The van der Waals surface area contributed by atoms with Crippen molar-refractivity contribution < 1.29 is 17.9 Å². The number of amides is 1. The highest BCUT2D eigenvalue weighted by Crippen LogP contribution is 2.33. The Bertz CT molecular complexity index is 1170. The van der Waals surface area contributed by atoms with Gasteiger partial charge in [-0.25, -0.2) is 13.4 Å². The summed E-state index contributed by atoms with van der Waals surface area (Å²) in [6.07, 6.45) is 3.01. The van der Waals surface area contributed by atoms with Gasteiger partial charge in [0.2, 0.25) is 5.91 Å².